The van der Waals surface area contributed by atoms with Gasteiger partial charge in [-0.2, -0.15) is 0 Å². The van der Waals surface area contributed by atoms with Gasteiger partial charge in [0.15, 0.2) is 17.3 Å². The number of amides is 1. The first-order valence-corrected chi connectivity index (χ1v) is 11.3. The van der Waals surface area contributed by atoms with E-state index in [9.17, 15) is 4.79 Å². The van der Waals surface area contributed by atoms with Crippen LogP contribution in [0.15, 0.2) is 42.7 Å². The molecular weight excluding hydrogens is 416 g/mol. The summed E-state index contributed by atoms with van der Waals surface area (Å²) >= 11 is 0. The van der Waals surface area contributed by atoms with Crippen LogP contribution in [-0.4, -0.2) is 44.5 Å². The first-order valence-electron chi connectivity index (χ1n) is 11.3. The van der Waals surface area contributed by atoms with Gasteiger partial charge in [0.1, 0.15) is 5.69 Å². The van der Waals surface area contributed by atoms with Crippen molar-refractivity contribution in [3.63, 3.8) is 0 Å². The van der Waals surface area contributed by atoms with Crippen LogP contribution in [0.5, 0.6) is 0 Å². The van der Waals surface area contributed by atoms with Crippen LogP contribution in [-0.2, 0) is 0 Å². The lowest BCUT2D eigenvalue weighted by atomic mass is 9.91. The van der Waals surface area contributed by atoms with Crippen molar-refractivity contribution in [1.82, 2.24) is 19.9 Å². The predicted octanol–water partition coefficient (Wildman–Crippen LogP) is 2.96. The van der Waals surface area contributed by atoms with Crippen molar-refractivity contribution >= 4 is 23.2 Å². The molecule has 9 nitrogen and oxygen atoms in total. The van der Waals surface area contributed by atoms with Gasteiger partial charge in [0.05, 0.1) is 17.6 Å². The lowest BCUT2D eigenvalue weighted by Gasteiger charge is -2.38. The number of aromatic nitrogens is 4. The van der Waals surface area contributed by atoms with Crippen LogP contribution in [0.3, 0.4) is 0 Å². The topological polar surface area (TPSA) is 136 Å². The summed E-state index contributed by atoms with van der Waals surface area (Å²) in [5.41, 5.74) is 15.3. The number of rotatable bonds is 5. The number of pyridine rings is 2. The Morgan fingerprint density at radius 2 is 1.88 bits per heavy atom. The molecule has 0 radical (unpaired) electrons. The minimum Gasteiger partial charge on any atom is -0.382 e. The maximum absolute atomic E-state index is 13.1. The van der Waals surface area contributed by atoms with Crippen LogP contribution in [0.2, 0.25) is 0 Å². The first-order chi connectivity index (χ1) is 15.9. The summed E-state index contributed by atoms with van der Waals surface area (Å²) in [5, 5.41) is 2.88. The first kappa shape index (κ1) is 21.3. The molecule has 0 unspecified atom stereocenters. The highest BCUT2D eigenvalue weighted by atomic mass is 16.2. The number of nitrogens with two attached hydrogens (primary N) is 2. The molecule has 9 heteroatoms. The van der Waals surface area contributed by atoms with Gasteiger partial charge in [-0.1, -0.05) is 6.07 Å². The molecule has 2 fully saturated rings. The summed E-state index contributed by atoms with van der Waals surface area (Å²) < 4.78 is 0. The zero-order valence-electron chi connectivity index (χ0n) is 18.7. The smallest absolute Gasteiger partial charge is 0.279 e. The summed E-state index contributed by atoms with van der Waals surface area (Å²) in [6, 6.07) is 9.65. The largest absolute Gasteiger partial charge is 0.382 e. The molecule has 4 heterocycles. The molecular formula is C24H28N8O. The van der Waals surface area contributed by atoms with E-state index >= 15 is 0 Å². The Balaban J connectivity index is 1.39. The van der Waals surface area contributed by atoms with Crippen molar-refractivity contribution in [1.29, 1.82) is 0 Å². The van der Waals surface area contributed by atoms with Crippen molar-refractivity contribution in [2.24, 2.45) is 5.73 Å². The normalized spacial score (nSPS) is 17.6. The van der Waals surface area contributed by atoms with Crippen LogP contribution in [0, 0.1) is 0 Å². The van der Waals surface area contributed by atoms with Gasteiger partial charge in [-0.3, -0.25) is 9.78 Å². The van der Waals surface area contributed by atoms with Crippen LogP contribution in [0.4, 0.5) is 17.3 Å². The average molecular weight is 445 g/mol. The molecule has 1 saturated heterocycles. The molecule has 5 rings (SSSR count). The molecule has 0 aromatic carbocycles. The van der Waals surface area contributed by atoms with Gasteiger partial charge in [0.2, 0.25) is 0 Å². The molecule has 1 aliphatic heterocycles. The van der Waals surface area contributed by atoms with Gasteiger partial charge >= 0.3 is 0 Å². The van der Waals surface area contributed by atoms with E-state index in [0.29, 0.717) is 23.1 Å². The maximum Gasteiger partial charge on any atom is 0.279 e. The number of hydrogen-bond donors (Lipinski definition) is 3. The fraction of sp³-hybridized carbons (Fsp3) is 0.375. The van der Waals surface area contributed by atoms with E-state index in [1.165, 1.54) is 0 Å². The number of nitrogens with zero attached hydrogens (tertiary/aromatic N) is 5. The number of piperidine rings is 1. The summed E-state index contributed by atoms with van der Waals surface area (Å²) in [7, 11) is 0. The fourth-order valence-corrected chi connectivity index (χ4v) is 4.06. The molecule has 0 atom stereocenters. The van der Waals surface area contributed by atoms with Crippen LogP contribution in [0.25, 0.3) is 11.4 Å². The van der Waals surface area contributed by atoms with E-state index in [4.69, 9.17) is 16.5 Å². The second kappa shape index (κ2) is 8.40. The summed E-state index contributed by atoms with van der Waals surface area (Å²) in [5.74, 6) is 0.581. The number of carbonyl (C=O) groups excluding carboxylic acids is 1. The Morgan fingerprint density at radius 3 is 2.64 bits per heavy atom. The Morgan fingerprint density at radius 1 is 1.09 bits per heavy atom. The number of hydrogen-bond acceptors (Lipinski definition) is 8. The van der Waals surface area contributed by atoms with E-state index in [-0.39, 0.29) is 17.1 Å². The highest BCUT2D eigenvalue weighted by Crippen LogP contribution is 2.39. The average Bonchev–Trinajstić information content (AvgIpc) is 3.66. The third-order valence-electron chi connectivity index (χ3n) is 6.31. The molecule has 3 aromatic heterocycles. The number of anilines is 3. The van der Waals surface area contributed by atoms with Gasteiger partial charge in [0, 0.05) is 36.4 Å². The second-order valence-corrected chi connectivity index (χ2v) is 9.18. The molecule has 2 aliphatic rings. The summed E-state index contributed by atoms with van der Waals surface area (Å²) in [6.07, 6.45) is 7.24. The third kappa shape index (κ3) is 4.63. The van der Waals surface area contributed by atoms with Crippen molar-refractivity contribution < 1.29 is 4.79 Å². The molecule has 33 heavy (non-hydrogen) atoms. The highest BCUT2D eigenvalue weighted by Gasteiger charge is 2.28. The lowest BCUT2D eigenvalue weighted by molar-refractivity contribution is 0.102. The SMILES string of the molecule is CC1(N)CCN(c2cccnc2NC(=O)c2nc(-c3cccc(C4CC4)n3)cnc2N)CC1. The summed E-state index contributed by atoms with van der Waals surface area (Å²) in [6.45, 7) is 3.66. The van der Waals surface area contributed by atoms with Gasteiger partial charge in [0.25, 0.3) is 5.91 Å². The summed E-state index contributed by atoms with van der Waals surface area (Å²) in [4.78, 5) is 33.1. The minimum atomic E-state index is -0.458. The predicted molar refractivity (Wildman–Crippen MR) is 128 cm³/mol. The zero-order chi connectivity index (χ0) is 23.0. The molecule has 3 aromatic rings. The minimum absolute atomic E-state index is 0.0518. The van der Waals surface area contributed by atoms with Crippen molar-refractivity contribution in [3.05, 3.63) is 54.1 Å². The van der Waals surface area contributed by atoms with Crippen molar-refractivity contribution in [3.8, 4) is 11.4 Å². The van der Waals surface area contributed by atoms with Crippen molar-refractivity contribution in [2.45, 2.75) is 44.1 Å². The van der Waals surface area contributed by atoms with Gasteiger partial charge in [-0.25, -0.2) is 15.0 Å². The van der Waals surface area contributed by atoms with E-state index in [2.05, 4.69) is 32.1 Å². The molecule has 1 amide bonds. The lowest BCUT2D eigenvalue weighted by Crippen LogP contribution is -2.48. The van der Waals surface area contributed by atoms with Crippen LogP contribution < -0.4 is 21.7 Å². The van der Waals surface area contributed by atoms with Gasteiger partial charge in [-0.15, -0.1) is 0 Å². The Bertz CT molecular complexity index is 1180. The fourth-order valence-electron chi connectivity index (χ4n) is 4.06. The second-order valence-electron chi connectivity index (χ2n) is 9.18. The molecule has 0 spiro atoms. The Labute approximate surface area is 192 Å². The number of nitrogen functional groups attached to an aromatic ring is 1. The number of carbonyl (C=O) groups is 1. The van der Waals surface area contributed by atoms with E-state index in [1.54, 1.807) is 12.4 Å². The molecule has 1 aliphatic carbocycles. The number of nitrogens with one attached hydrogen (secondary N) is 1. The van der Waals surface area contributed by atoms with E-state index < -0.39 is 5.91 Å². The molecule has 5 N–H and O–H groups in total. The monoisotopic (exact) mass is 444 g/mol. The molecule has 1 saturated carbocycles. The third-order valence-corrected chi connectivity index (χ3v) is 6.31. The quantitative estimate of drug-likeness (QED) is 0.546. The Kier molecular flexibility index (Phi) is 5.41. The molecule has 0 bridgehead atoms. The maximum atomic E-state index is 13.1. The highest BCUT2D eigenvalue weighted by molar-refractivity contribution is 6.06. The molecule has 170 valence electrons. The van der Waals surface area contributed by atoms with Gasteiger partial charge < -0.3 is 21.7 Å². The van der Waals surface area contributed by atoms with Gasteiger partial charge in [-0.05, 0) is 56.9 Å². The van der Waals surface area contributed by atoms with E-state index in [1.807, 2.05) is 30.3 Å². The zero-order valence-corrected chi connectivity index (χ0v) is 18.7. The Hall–Kier alpha value is -3.59. The van der Waals surface area contributed by atoms with Crippen LogP contribution in [0.1, 0.15) is 54.7 Å². The van der Waals surface area contributed by atoms with Crippen LogP contribution >= 0.6 is 0 Å². The standard InChI is InChI=1S/C24H28N8O/c1-24(26)9-12-32(13-10-24)19-6-3-11-27-22(19)31-23(33)20-21(25)28-14-18(30-20)17-5-2-4-16(29-17)15-7-8-15/h2-6,11,14-15H,7-10,12-13,26H2,1H3,(H2,25,28)(H,27,31,33). The van der Waals surface area contributed by atoms with Crippen molar-refractivity contribution in [2.75, 3.05) is 29.0 Å². The van der Waals surface area contributed by atoms with E-state index in [0.717, 1.165) is 50.2 Å².